The van der Waals surface area contributed by atoms with Crippen molar-refractivity contribution in [3.05, 3.63) is 0 Å². The van der Waals surface area contributed by atoms with Crippen LogP contribution in [0.25, 0.3) is 0 Å². The van der Waals surface area contributed by atoms with E-state index in [1.807, 2.05) is 0 Å². The monoisotopic (exact) mass is 258 g/mol. The van der Waals surface area contributed by atoms with Gasteiger partial charge in [-0.15, -0.1) is 0 Å². The maximum absolute atomic E-state index is 9.89. The molecule has 6 nitrogen and oxygen atoms in total. The molecule has 0 aromatic rings. The first-order valence-electron chi connectivity index (χ1n) is 5.07. The van der Waals surface area contributed by atoms with Crippen LogP contribution >= 0.6 is 0 Å². The molecule has 0 rings (SSSR count). The Balaban J connectivity index is -0.000000218. The molecule has 2 N–H and O–H groups in total. The fourth-order valence-corrected chi connectivity index (χ4v) is 0.741. The van der Waals surface area contributed by atoms with Crippen molar-refractivity contribution in [2.45, 2.75) is 26.7 Å². The van der Waals surface area contributed by atoms with Gasteiger partial charge in [0.05, 0.1) is 13.2 Å². The van der Waals surface area contributed by atoms with Gasteiger partial charge in [-0.25, -0.2) is 0 Å². The third-order valence-electron chi connectivity index (χ3n) is 2.09. The molecule has 0 saturated carbocycles. The number of carbonyl (C=O) groups excluding carboxylic acids is 2. The average Bonchev–Trinajstić information content (AvgIpc) is 2.21. The predicted molar refractivity (Wildman–Crippen MR) is 57.5 cm³/mol. The molecule has 0 radical (unpaired) electrons. The summed E-state index contributed by atoms with van der Waals surface area (Å²) in [6.45, 7) is 2.74. The summed E-state index contributed by atoms with van der Waals surface area (Å²) in [7, 11) is 0. The standard InChI is InChI=1S/2C5H10O3.Mg/c2*1-2-4(3-6)5(7)8;/h2*4,6H,2-3H2,1H3,(H,7,8);/q;;+2/p-2. The van der Waals surface area contributed by atoms with E-state index in [1.165, 1.54) is 0 Å². The Hall–Kier alpha value is -0.374. The number of aliphatic hydroxyl groups is 2. The van der Waals surface area contributed by atoms with Crippen molar-refractivity contribution in [2.24, 2.45) is 11.8 Å². The van der Waals surface area contributed by atoms with Crippen molar-refractivity contribution in [3.63, 3.8) is 0 Å². The molecule has 0 heterocycles. The van der Waals surface area contributed by atoms with Crippen LogP contribution in [-0.2, 0) is 9.59 Å². The van der Waals surface area contributed by atoms with E-state index < -0.39 is 23.8 Å². The molecule has 0 saturated heterocycles. The first kappa shape index (κ1) is 21.9. The van der Waals surface area contributed by atoms with Crippen molar-refractivity contribution in [1.29, 1.82) is 0 Å². The summed E-state index contributed by atoms with van der Waals surface area (Å²) < 4.78 is 0. The van der Waals surface area contributed by atoms with E-state index >= 15 is 0 Å². The molecule has 17 heavy (non-hydrogen) atoms. The zero-order valence-corrected chi connectivity index (χ0v) is 11.6. The molecule has 0 aromatic carbocycles. The summed E-state index contributed by atoms with van der Waals surface area (Å²) in [5, 5.41) is 36.3. The summed E-state index contributed by atoms with van der Waals surface area (Å²) in [5.74, 6) is -3.71. The molecule has 0 aromatic heterocycles. The Bertz CT molecular complexity index is 179. The minimum atomic E-state index is -1.17. The largest absolute Gasteiger partial charge is 2.00 e. The van der Waals surface area contributed by atoms with Gasteiger partial charge in [0.1, 0.15) is 0 Å². The second-order valence-electron chi connectivity index (χ2n) is 3.21. The predicted octanol–water partition coefficient (Wildman–Crippen LogP) is -2.87. The number of carbonyl (C=O) groups is 2. The van der Waals surface area contributed by atoms with Gasteiger partial charge in [0.15, 0.2) is 0 Å². The summed E-state index contributed by atoms with van der Waals surface area (Å²) in [4.78, 5) is 19.8. The fourth-order valence-electron chi connectivity index (χ4n) is 0.741. The minimum Gasteiger partial charge on any atom is -0.550 e. The Morgan fingerprint density at radius 1 is 0.941 bits per heavy atom. The first-order chi connectivity index (χ1) is 7.44. The molecular formula is C10H18MgO6. The SMILES string of the molecule is CCC(CO)C(=O)[O-].CCC(CO)C(=O)[O-].[Mg+2]. The van der Waals surface area contributed by atoms with Crippen LogP contribution in [0.5, 0.6) is 0 Å². The normalized spacial score (nSPS) is 12.5. The zero-order valence-electron chi connectivity index (χ0n) is 10.2. The van der Waals surface area contributed by atoms with Crippen molar-refractivity contribution < 1.29 is 30.0 Å². The summed E-state index contributed by atoms with van der Waals surface area (Å²) >= 11 is 0. The van der Waals surface area contributed by atoms with Crippen LogP contribution < -0.4 is 10.2 Å². The molecule has 0 aliphatic heterocycles. The molecule has 0 amide bonds. The Labute approximate surface area is 117 Å². The molecule has 0 aliphatic rings. The number of carboxylic acids is 2. The third kappa shape index (κ3) is 11.9. The number of rotatable bonds is 6. The maximum Gasteiger partial charge on any atom is 2.00 e. The molecule has 96 valence electrons. The summed E-state index contributed by atoms with van der Waals surface area (Å²) in [6, 6.07) is 0. The van der Waals surface area contributed by atoms with Crippen LogP contribution in [0.3, 0.4) is 0 Å². The number of hydrogen-bond acceptors (Lipinski definition) is 6. The minimum absolute atomic E-state index is 0. The Morgan fingerprint density at radius 2 is 1.18 bits per heavy atom. The van der Waals surface area contributed by atoms with E-state index in [4.69, 9.17) is 10.2 Å². The van der Waals surface area contributed by atoms with Gasteiger partial charge in [-0.3, -0.25) is 0 Å². The van der Waals surface area contributed by atoms with E-state index in [2.05, 4.69) is 0 Å². The first-order valence-corrected chi connectivity index (χ1v) is 5.07. The molecule has 0 bridgehead atoms. The van der Waals surface area contributed by atoms with E-state index in [9.17, 15) is 19.8 Å². The van der Waals surface area contributed by atoms with Gasteiger partial charge in [-0.1, -0.05) is 13.8 Å². The maximum atomic E-state index is 9.89. The number of aliphatic carboxylic acids is 2. The quantitative estimate of drug-likeness (QED) is 0.494. The average molecular weight is 259 g/mol. The van der Waals surface area contributed by atoms with Crippen LogP contribution in [0.1, 0.15) is 26.7 Å². The van der Waals surface area contributed by atoms with Crippen LogP contribution in [0.2, 0.25) is 0 Å². The van der Waals surface area contributed by atoms with Crippen molar-refractivity contribution in [2.75, 3.05) is 13.2 Å². The van der Waals surface area contributed by atoms with Crippen molar-refractivity contribution >= 4 is 35.0 Å². The Kier molecular flexibility index (Phi) is 17.6. The van der Waals surface area contributed by atoms with Crippen LogP contribution in [0.15, 0.2) is 0 Å². The smallest absolute Gasteiger partial charge is 0.550 e. The molecule has 7 heteroatoms. The van der Waals surface area contributed by atoms with Gasteiger partial charge in [0.2, 0.25) is 0 Å². The Morgan fingerprint density at radius 3 is 1.18 bits per heavy atom. The van der Waals surface area contributed by atoms with E-state index in [1.54, 1.807) is 13.8 Å². The van der Waals surface area contributed by atoms with Gasteiger partial charge in [0, 0.05) is 23.8 Å². The van der Waals surface area contributed by atoms with Crippen LogP contribution in [0.4, 0.5) is 0 Å². The third-order valence-corrected chi connectivity index (χ3v) is 2.09. The van der Waals surface area contributed by atoms with Crippen molar-refractivity contribution in [1.82, 2.24) is 0 Å². The van der Waals surface area contributed by atoms with Gasteiger partial charge in [-0.05, 0) is 12.8 Å². The summed E-state index contributed by atoms with van der Waals surface area (Å²) in [6.07, 6.45) is 0.859. The fraction of sp³-hybridized carbons (Fsp3) is 0.800. The summed E-state index contributed by atoms with van der Waals surface area (Å²) in [5.41, 5.74) is 0. The van der Waals surface area contributed by atoms with Gasteiger partial charge in [-0.2, -0.15) is 0 Å². The second-order valence-corrected chi connectivity index (χ2v) is 3.21. The molecular weight excluding hydrogens is 240 g/mol. The number of carboxylic acid groups (broad SMARTS) is 2. The number of hydrogen-bond donors (Lipinski definition) is 2. The van der Waals surface area contributed by atoms with E-state index in [-0.39, 0.29) is 36.3 Å². The topological polar surface area (TPSA) is 121 Å². The molecule has 0 aliphatic carbocycles. The molecule has 0 spiro atoms. The van der Waals surface area contributed by atoms with Gasteiger partial charge >= 0.3 is 23.1 Å². The van der Waals surface area contributed by atoms with Gasteiger partial charge in [0.25, 0.3) is 0 Å². The molecule has 2 atom stereocenters. The molecule has 0 fully saturated rings. The van der Waals surface area contributed by atoms with Crippen molar-refractivity contribution in [3.8, 4) is 0 Å². The zero-order chi connectivity index (χ0) is 13.1. The number of aliphatic hydroxyl groups excluding tert-OH is 2. The van der Waals surface area contributed by atoms with Crippen LogP contribution in [-0.4, -0.2) is 58.4 Å². The van der Waals surface area contributed by atoms with Crippen LogP contribution in [0, 0.1) is 11.8 Å². The van der Waals surface area contributed by atoms with E-state index in [0.29, 0.717) is 12.8 Å². The van der Waals surface area contributed by atoms with Gasteiger partial charge < -0.3 is 30.0 Å². The second kappa shape index (κ2) is 13.7. The molecule has 2 unspecified atom stereocenters. The van der Waals surface area contributed by atoms with E-state index in [0.717, 1.165) is 0 Å².